The maximum absolute atomic E-state index is 11.6. The van der Waals surface area contributed by atoms with Gasteiger partial charge in [-0.2, -0.15) is 0 Å². The molecule has 5 heteroatoms. The van der Waals surface area contributed by atoms with E-state index in [4.69, 9.17) is 0 Å². The Hall–Kier alpha value is -2.56. The van der Waals surface area contributed by atoms with Crippen LogP contribution in [0.3, 0.4) is 0 Å². The topological polar surface area (TPSA) is 66.1 Å². The van der Waals surface area contributed by atoms with Gasteiger partial charge in [0.1, 0.15) is 5.82 Å². The van der Waals surface area contributed by atoms with Gasteiger partial charge < -0.3 is 16.0 Å². The van der Waals surface area contributed by atoms with Gasteiger partial charge in [-0.15, -0.1) is 0 Å². The third kappa shape index (κ3) is 4.77. The van der Waals surface area contributed by atoms with Gasteiger partial charge in [-0.1, -0.05) is 30.3 Å². The summed E-state index contributed by atoms with van der Waals surface area (Å²) in [5.41, 5.74) is 1.86. The Morgan fingerprint density at radius 2 is 1.77 bits per heavy atom. The molecule has 0 aliphatic rings. The van der Waals surface area contributed by atoms with Crippen LogP contribution in [0.2, 0.25) is 0 Å². The molecular weight excluding hydrogens is 276 g/mol. The van der Waals surface area contributed by atoms with Crippen LogP contribution in [0.1, 0.15) is 32.4 Å². The van der Waals surface area contributed by atoms with Crippen LogP contribution in [0.5, 0.6) is 0 Å². The molecule has 2 rings (SSSR count). The lowest BCUT2D eigenvalue weighted by Crippen LogP contribution is -2.34. The second kappa shape index (κ2) is 7.45. The number of rotatable bonds is 5. The highest BCUT2D eigenvalue weighted by molar-refractivity contribution is 5.89. The number of carbonyl (C=O) groups excluding carboxylic acids is 1. The van der Waals surface area contributed by atoms with Gasteiger partial charge in [0.25, 0.3) is 0 Å². The highest BCUT2D eigenvalue weighted by Gasteiger charge is 2.06. The summed E-state index contributed by atoms with van der Waals surface area (Å²) in [6.07, 6.45) is 1.64. The van der Waals surface area contributed by atoms with Crippen molar-refractivity contribution in [3.63, 3.8) is 0 Å². The van der Waals surface area contributed by atoms with Crippen LogP contribution in [0.15, 0.2) is 48.7 Å². The van der Waals surface area contributed by atoms with Crippen molar-refractivity contribution >= 4 is 17.5 Å². The summed E-state index contributed by atoms with van der Waals surface area (Å²) >= 11 is 0. The molecule has 116 valence electrons. The summed E-state index contributed by atoms with van der Waals surface area (Å²) < 4.78 is 0. The monoisotopic (exact) mass is 298 g/mol. The van der Waals surface area contributed by atoms with Crippen molar-refractivity contribution in [3.05, 3.63) is 54.2 Å². The molecule has 0 bridgehead atoms. The van der Waals surface area contributed by atoms with Crippen molar-refractivity contribution in [2.24, 2.45) is 0 Å². The summed E-state index contributed by atoms with van der Waals surface area (Å²) in [7, 11) is 0. The summed E-state index contributed by atoms with van der Waals surface area (Å²) in [6, 6.07) is 13.9. The van der Waals surface area contributed by atoms with Gasteiger partial charge in [-0.25, -0.2) is 9.78 Å². The molecule has 1 aromatic heterocycles. The van der Waals surface area contributed by atoms with Gasteiger partial charge in [0, 0.05) is 12.1 Å². The van der Waals surface area contributed by atoms with Crippen molar-refractivity contribution in [1.82, 2.24) is 10.3 Å². The van der Waals surface area contributed by atoms with Gasteiger partial charge in [0.15, 0.2) is 0 Å². The number of anilines is 2. The normalized spacial score (nSPS) is 11.8. The maximum Gasteiger partial charge on any atom is 0.319 e. The Morgan fingerprint density at radius 3 is 2.36 bits per heavy atom. The maximum atomic E-state index is 11.6. The van der Waals surface area contributed by atoms with E-state index in [-0.39, 0.29) is 18.1 Å². The molecule has 1 unspecified atom stereocenters. The molecule has 0 aliphatic heterocycles. The van der Waals surface area contributed by atoms with Crippen LogP contribution in [-0.4, -0.2) is 17.1 Å². The second-order valence-electron chi connectivity index (χ2n) is 5.46. The number of nitrogens with zero attached hydrogens (tertiary/aromatic N) is 1. The van der Waals surface area contributed by atoms with Crippen molar-refractivity contribution in [1.29, 1.82) is 0 Å². The Kier molecular flexibility index (Phi) is 5.36. The Morgan fingerprint density at radius 1 is 1.05 bits per heavy atom. The number of hydrogen-bond acceptors (Lipinski definition) is 3. The third-order valence-electron chi connectivity index (χ3n) is 3.11. The zero-order valence-electron chi connectivity index (χ0n) is 13.1. The first kappa shape index (κ1) is 15.8. The van der Waals surface area contributed by atoms with Crippen LogP contribution in [-0.2, 0) is 0 Å². The van der Waals surface area contributed by atoms with Crippen molar-refractivity contribution < 1.29 is 4.79 Å². The van der Waals surface area contributed by atoms with E-state index in [1.54, 1.807) is 6.20 Å². The van der Waals surface area contributed by atoms with E-state index in [9.17, 15) is 4.79 Å². The molecule has 1 atom stereocenters. The molecule has 1 aromatic carbocycles. The van der Waals surface area contributed by atoms with E-state index >= 15 is 0 Å². The molecule has 1 heterocycles. The van der Waals surface area contributed by atoms with Crippen LogP contribution in [0.25, 0.3) is 0 Å². The predicted octanol–water partition coefficient (Wildman–Crippen LogP) is 3.78. The van der Waals surface area contributed by atoms with E-state index in [2.05, 4.69) is 40.0 Å². The number of amides is 2. The number of pyridine rings is 1. The van der Waals surface area contributed by atoms with Crippen molar-refractivity contribution in [2.75, 3.05) is 10.6 Å². The SMILES string of the molecule is CC(C)NC(=O)Nc1ccc(NC(C)c2ccccc2)nc1. The molecular formula is C17H22N4O. The van der Waals surface area contributed by atoms with Crippen LogP contribution in [0, 0.1) is 0 Å². The van der Waals surface area contributed by atoms with Crippen LogP contribution < -0.4 is 16.0 Å². The smallest absolute Gasteiger partial charge is 0.319 e. The second-order valence-corrected chi connectivity index (χ2v) is 5.46. The Balaban J connectivity index is 1.93. The average molecular weight is 298 g/mol. The van der Waals surface area contributed by atoms with Crippen LogP contribution >= 0.6 is 0 Å². The van der Waals surface area contributed by atoms with Gasteiger partial charge >= 0.3 is 6.03 Å². The fourth-order valence-electron chi connectivity index (χ4n) is 2.03. The van der Waals surface area contributed by atoms with Gasteiger partial charge in [-0.3, -0.25) is 0 Å². The zero-order valence-corrected chi connectivity index (χ0v) is 13.1. The summed E-state index contributed by atoms with van der Waals surface area (Å²) in [5.74, 6) is 0.770. The van der Waals surface area contributed by atoms with Crippen molar-refractivity contribution in [2.45, 2.75) is 32.9 Å². The van der Waals surface area contributed by atoms with E-state index in [1.165, 1.54) is 5.56 Å². The van der Waals surface area contributed by atoms with Crippen molar-refractivity contribution in [3.8, 4) is 0 Å². The zero-order chi connectivity index (χ0) is 15.9. The molecule has 0 spiro atoms. The lowest BCUT2D eigenvalue weighted by atomic mass is 10.1. The van der Waals surface area contributed by atoms with Gasteiger partial charge in [0.2, 0.25) is 0 Å². The number of benzene rings is 1. The Labute approximate surface area is 131 Å². The average Bonchev–Trinajstić information content (AvgIpc) is 2.49. The molecule has 2 aromatic rings. The molecule has 3 N–H and O–H groups in total. The minimum atomic E-state index is -0.227. The predicted molar refractivity (Wildman–Crippen MR) is 90.0 cm³/mol. The number of nitrogens with one attached hydrogen (secondary N) is 3. The lowest BCUT2D eigenvalue weighted by Gasteiger charge is -2.15. The number of carbonyl (C=O) groups is 1. The standard InChI is InChI=1S/C17H22N4O/c1-12(2)19-17(22)21-15-9-10-16(18-11-15)20-13(3)14-7-5-4-6-8-14/h4-13H,1-3H3,(H,18,20)(H2,19,21,22). The first-order valence-electron chi connectivity index (χ1n) is 7.39. The summed E-state index contributed by atoms with van der Waals surface area (Å²) in [5, 5.41) is 8.84. The number of hydrogen-bond donors (Lipinski definition) is 3. The molecule has 0 radical (unpaired) electrons. The van der Waals surface area contributed by atoms with E-state index < -0.39 is 0 Å². The summed E-state index contributed by atoms with van der Waals surface area (Å²) in [4.78, 5) is 15.9. The quantitative estimate of drug-likeness (QED) is 0.787. The molecule has 2 amide bonds. The molecule has 0 saturated carbocycles. The minimum Gasteiger partial charge on any atom is -0.364 e. The van der Waals surface area contributed by atoms with E-state index in [0.29, 0.717) is 5.69 Å². The fourth-order valence-corrected chi connectivity index (χ4v) is 2.03. The summed E-state index contributed by atoms with van der Waals surface area (Å²) in [6.45, 7) is 5.91. The van der Waals surface area contributed by atoms with Gasteiger partial charge in [0.05, 0.1) is 11.9 Å². The molecule has 0 saturated heterocycles. The van der Waals surface area contributed by atoms with E-state index in [0.717, 1.165) is 5.82 Å². The largest absolute Gasteiger partial charge is 0.364 e. The Bertz CT molecular complexity index is 596. The minimum absolute atomic E-state index is 0.0978. The molecule has 0 fully saturated rings. The van der Waals surface area contributed by atoms with Gasteiger partial charge in [-0.05, 0) is 38.5 Å². The third-order valence-corrected chi connectivity index (χ3v) is 3.11. The highest BCUT2D eigenvalue weighted by Crippen LogP contribution is 2.18. The fraction of sp³-hybridized carbons (Fsp3) is 0.294. The number of aromatic nitrogens is 1. The first-order chi connectivity index (χ1) is 10.5. The highest BCUT2D eigenvalue weighted by atomic mass is 16.2. The first-order valence-corrected chi connectivity index (χ1v) is 7.39. The lowest BCUT2D eigenvalue weighted by molar-refractivity contribution is 0.250. The van der Waals surface area contributed by atoms with Crippen LogP contribution in [0.4, 0.5) is 16.3 Å². The van der Waals surface area contributed by atoms with E-state index in [1.807, 2.05) is 44.2 Å². The number of urea groups is 1. The molecule has 22 heavy (non-hydrogen) atoms. The molecule has 0 aliphatic carbocycles. The molecule has 5 nitrogen and oxygen atoms in total.